The number of piperidine rings is 1. The molecule has 10 heteroatoms. The average molecular weight is 537 g/mol. The number of aliphatic imine (C=N–C) groups is 1. The lowest BCUT2D eigenvalue weighted by molar-refractivity contribution is 0.111. The molecule has 1 saturated heterocycles. The molecule has 3 fully saturated rings. The van der Waals surface area contributed by atoms with Crippen LogP contribution in [0, 0.1) is 18.8 Å². The summed E-state index contributed by atoms with van der Waals surface area (Å²) in [5.74, 6) is 2.17. The van der Waals surface area contributed by atoms with E-state index >= 15 is 0 Å². The Labute approximate surface area is 226 Å². The maximum absolute atomic E-state index is 6.73. The van der Waals surface area contributed by atoms with Gasteiger partial charge in [0, 0.05) is 11.6 Å². The summed E-state index contributed by atoms with van der Waals surface area (Å²) in [5, 5.41) is 3.80. The van der Waals surface area contributed by atoms with Gasteiger partial charge in [0.25, 0.3) is 0 Å². The normalized spacial score (nSPS) is 30.5. The molecule has 194 valence electrons. The van der Waals surface area contributed by atoms with Gasteiger partial charge >= 0.3 is 0 Å². The van der Waals surface area contributed by atoms with E-state index in [1.54, 1.807) is 16.3 Å². The molecular formula is C27H33ClN8S. The van der Waals surface area contributed by atoms with Gasteiger partial charge in [-0.05, 0) is 98.0 Å². The molecule has 4 atom stereocenters. The van der Waals surface area contributed by atoms with Crippen molar-refractivity contribution in [2.75, 3.05) is 18.1 Å². The number of guanidine groups is 1. The summed E-state index contributed by atoms with van der Waals surface area (Å²) in [7, 11) is 0. The van der Waals surface area contributed by atoms with Crippen LogP contribution in [0.4, 0.5) is 5.82 Å². The van der Waals surface area contributed by atoms with Crippen molar-refractivity contribution in [3.8, 4) is 0 Å². The van der Waals surface area contributed by atoms with Crippen molar-refractivity contribution in [3.63, 3.8) is 0 Å². The molecule has 2 aromatic heterocycles. The van der Waals surface area contributed by atoms with Crippen LogP contribution in [0.1, 0.15) is 61.1 Å². The molecule has 1 aromatic carbocycles. The quantitative estimate of drug-likeness (QED) is 0.423. The van der Waals surface area contributed by atoms with E-state index in [0.29, 0.717) is 11.7 Å². The van der Waals surface area contributed by atoms with Gasteiger partial charge in [-0.25, -0.2) is 15.0 Å². The van der Waals surface area contributed by atoms with Gasteiger partial charge in [-0.3, -0.25) is 5.73 Å². The van der Waals surface area contributed by atoms with Crippen LogP contribution in [-0.4, -0.2) is 40.0 Å². The van der Waals surface area contributed by atoms with Gasteiger partial charge in [0.05, 0.1) is 10.2 Å². The van der Waals surface area contributed by atoms with Crippen LogP contribution in [0.15, 0.2) is 34.6 Å². The van der Waals surface area contributed by atoms with E-state index in [1.165, 1.54) is 57.2 Å². The molecule has 8 nitrogen and oxygen atoms in total. The zero-order chi connectivity index (χ0) is 25.3. The molecule has 2 aliphatic heterocycles. The number of hydrogen-bond acceptors (Lipinski definition) is 9. The first kappa shape index (κ1) is 23.8. The second-order valence-corrected chi connectivity index (χ2v) is 12.5. The number of hydrazine groups is 1. The van der Waals surface area contributed by atoms with E-state index in [2.05, 4.69) is 49.6 Å². The lowest BCUT2D eigenvalue weighted by atomic mass is 9.86. The van der Waals surface area contributed by atoms with Crippen LogP contribution in [0.25, 0.3) is 10.2 Å². The molecule has 0 radical (unpaired) electrons. The molecule has 2 bridgehead atoms. The molecule has 0 amide bonds. The molecule has 4 heterocycles. The number of nitrogens with two attached hydrogens (primary N) is 2. The molecule has 5 N–H and O–H groups in total. The number of anilines is 1. The summed E-state index contributed by atoms with van der Waals surface area (Å²) in [6, 6.07) is 9.41. The van der Waals surface area contributed by atoms with Crippen LogP contribution < -0.4 is 21.9 Å². The molecule has 37 heavy (non-hydrogen) atoms. The number of fused-ring (bicyclic) bond motifs is 3. The number of aryl methyl sites for hydroxylation is 1. The number of nitrogens with one attached hydrogen (secondary N) is 1. The number of aromatic nitrogens is 2. The van der Waals surface area contributed by atoms with Gasteiger partial charge in [-0.1, -0.05) is 30.7 Å². The van der Waals surface area contributed by atoms with Crippen LogP contribution in [0.2, 0.25) is 5.28 Å². The van der Waals surface area contributed by atoms with E-state index in [9.17, 15) is 0 Å². The number of thiophene rings is 1. The number of benzene rings is 1. The summed E-state index contributed by atoms with van der Waals surface area (Å²) < 4.78 is 0.879. The minimum absolute atomic E-state index is 0.156. The molecule has 2 saturated carbocycles. The Morgan fingerprint density at radius 3 is 2.57 bits per heavy atom. The van der Waals surface area contributed by atoms with Gasteiger partial charge in [-0.15, -0.1) is 11.3 Å². The van der Waals surface area contributed by atoms with Gasteiger partial charge in [-0.2, -0.15) is 10.4 Å². The maximum atomic E-state index is 6.73. The van der Waals surface area contributed by atoms with Crippen molar-refractivity contribution in [2.24, 2.45) is 28.3 Å². The van der Waals surface area contributed by atoms with E-state index in [0.717, 1.165) is 39.2 Å². The van der Waals surface area contributed by atoms with Gasteiger partial charge < -0.3 is 10.6 Å². The highest BCUT2D eigenvalue weighted by Crippen LogP contribution is 2.47. The second-order valence-electron chi connectivity index (χ2n) is 11.3. The average Bonchev–Trinajstić information content (AvgIpc) is 3.69. The van der Waals surface area contributed by atoms with Crippen LogP contribution in [0.5, 0.6) is 0 Å². The van der Waals surface area contributed by atoms with Crippen molar-refractivity contribution in [1.82, 2.24) is 20.3 Å². The van der Waals surface area contributed by atoms with Crippen LogP contribution in [-0.2, 0) is 5.79 Å². The summed E-state index contributed by atoms with van der Waals surface area (Å²) in [4.78, 5) is 16.2. The highest BCUT2D eigenvalue weighted by Gasteiger charge is 2.43. The highest BCUT2D eigenvalue weighted by atomic mass is 35.5. The van der Waals surface area contributed by atoms with Gasteiger partial charge in [0.1, 0.15) is 0 Å². The zero-order valence-electron chi connectivity index (χ0n) is 21.0. The fourth-order valence-corrected chi connectivity index (χ4v) is 8.28. The molecule has 3 aromatic rings. The molecular weight excluding hydrogens is 504 g/mol. The van der Waals surface area contributed by atoms with Crippen molar-refractivity contribution in [2.45, 2.75) is 63.2 Å². The van der Waals surface area contributed by atoms with E-state index in [4.69, 9.17) is 23.1 Å². The zero-order valence-corrected chi connectivity index (χ0v) is 22.6. The highest BCUT2D eigenvalue weighted by molar-refractivity contribution is 7.18. The molecule has 0 spiro atoms. The first-order chi connectivity index (χ1) is 17.9. The summed E-state index contributed by atoms with van der Waals surface area (Å²) >= 11 is 7.78. The molecule has 4 aliphatic rings. The van der Waals surface area contributed by atoms with E-state index < -0.39 is 5.79 Å². The Morgan fingerprint density at radius 1 is 1.08 bits per heavy atom. The van der Waals surface area contributed by atoms with Crippen molar-refractivity contribution in [3.05, 3.63) is 51.6 Å². The first-order valence-corrected chi connectivity index (χ1v) is 14.6. The predicted octanol–water partition coefficient (Wildman–Crippen LogP) is 4.43. The second kappa shape index (κ2) is 8.88. The third-order valence-electron chi connectivity index (χ3n) is 9.08. The van der Waals surface area contributed by atoms with Crippen LogP contribution >= 0.6 is 22.9 Å². The topological polar surface area (TPSA) is 109 Å². The van der Waals surface area contributed by atoms with E-state index in [1.807, 2.05) is 12.3 Å². The van der Waals surface area contributed by atoms with Crippen molar-refractivity contribution < 1.29 is 0 Å². The predicted molar refractivity (Wildman–Crippen MR) is 149 cm³/mol. The smallest absolute Gasteiger partial charge is 0.225 e. The molecule has 4 unspecified atom stereocenters. The Hall–Kier alpha value is -2.30. The molecule has 2 aliphatic carbocycles. The molecule has 7 rings (SSSR count). The third kappa shape index (κ3) is 4.03. The Kier molecular flexibility index (Phi) is 5.71. The standard InChI is InChI=1S/C27H33ClN8S/c1-15-14-37-23-22(15)31-25(28)32-24(23)36-26(29)33-27(30,34-36)20-6-4-17(5-7-20)18-8-10-35(11-9-18)21-13-16-2-3-19(21)12-16/h4-7,14,16,18-19,21,34H,2-3,8-13,30H2,1H3,(H2,29,33). The lowest BCUT2D eigenvalue weighted by Crippen LogP contribution is -2.53. The number of halogens is 1. The minimum Gasteiger partial charge on any atom is -0.368 e. The Bertz CT molecular complexity index is 1360. The lowest BCUT2D eigenvalue weighted by Gasteiger charge is -2.39. The minimum atomic E-state index is -1.19. The first-order valence-electron chi connectivity index (χ1n) is 13.4. The van der Waals surface area contributed by atoms with E-state index in [-0.39, 0.29) is 11.2 Å². The van der Waals surface area contributed by atoms with Crippen LogP contribution in [0.3, 0.4) is 0 Å². The number of nitrogens with zero attached hydrogens (tertiary/aromatic N) is 5. The van der Waals surface area contributed by atoms with Crippen molar-refractivity contribution >= 4 is 44.9 Å². The fraction of sp³-hybridized carbons (Fsp3) is 0.519. The largest absolute Gasteiger partial charge is 0.368 e. The number of rotatable bonds is 4. The monoisotopic (exact) mass is 536 g/mol. The van der Waals surface area contributed by atoms with Gasteiger partial charge in [0.2, 0.25) is 17.0 Å². The summed E-state index contributed by atoms with van der Waals surface area (Å²) in [5.41, 5.74) is 20.4. The summed E-state index contributed by atoms with van der Waals surface area (Å²) in [6.07, 6.45) is 8.30. The van der Waals surface area contributed by atoms with Gasteiger partial charge in [0.15, 0.2) is 5.82 Å². The third-order valence-corrected chi connectivity index (χ3v) is 10.3. The van der Waals surface area contributed by atoms with Crippen molar-refractivity contribution in [1.29, 1.82) is 0 Å². The Morgan fingerprint density at radius 2 is 1.86 bits per heavy atom. The fourth-order valence-electron chi connectivity index (χ4n) is 7.15. The number of likely N-dealkylation sites (tertiary alicyclic amines) is 1. The summed E-state index contributed by atoms with van der Waals surface area (Å²) in [6.45, 7) is 4.44. The SMILES string of the molecule is Cc1csc2c(N3NC(N)(c4ccc(C5CCN(C6CC7CCC6C7)CC5)cc4)N=C3N)nc(Cl)nc12. The maximum Gasteiger partial charge on any atom is 0.225 e. The Balaban J connectivity index is 1.06. The number of hydrogen-bond donors (Lipinski definition) is 3.